The predicted octanol–water partition coefficient (Wildman–Crippen LogP) is -1.09. The van der Waals surface area contributed by atoms with E-state index in [2.05, 4.69) is 10.2 Å². The third-order valence-corrected chi connectivity index (χ3v) is 4.00. The zero-order valence-corrected chi connectivity index (χ0v) is 14.4. The van der Waals surface area contributed by atoms with E-state index in [0.29, 0.717) is 0 Å². The van der Waals surface area contributed by atoms with Gasteiger partial charge >= 0.3 is 0 Å². The molecule has 0 heterocycles. The van der Waals surface area contributed by atoms with Gasteiger partial charge in [-0.15, -0.1) is 0 Å². The molecule has 140 valence electrons. The Morgan fingerprint density at radius 3 is 2.12 bits per heavy atom. The molecule has 1 aromatic rings. The number of amides is 1. The number of carbonyl (C=O) groups excluding carboxylic acids is 2. The smallest absolute Gasteiger partial charge is 0.251 e. The molecule has 1 rings (SSSR count). The van der Waals surface area contributed by atoms with Gasteiger partial charge in [0.1, 0.15) is 30.6 Å². The van der Waals surface area contributed by atoms with Crippen molar-refractivity contribution in [2.75, 3.05) is 24.6 Å². The first kappa shape index (κ1) is 21.0. The van der Waals surface area contributed by atoms with E-state index in [1.54, 1.807) is 24.3 Å². The Morgan fingerprint density at radius 2 is 1.68 bits per heavy atom. The van der Waals surface area contributed by atoms with Crippen LogP contribution in [0.3, 0.4) is 0 Å². The molecular formula is C17H26N2O6. The van der Waals surface area contributed by atoms with Gasteiger partial charge in [-0.3, -0.25) is 4.79 Å². The van der Waals surface area contributed by atoms with Crippen molar-refractivity contribution < 1.29 is 30.0 Å². The van der Waals surface area contributed by atoms with Crippen molar-refractivity contribution in [1.82, 2.24) is 5.32 Å². The minimum absolute atomic E-state index is 0.264. The molecule has 5 N–H and O–H groups in total. The molecule has 0 aliphatic rings. The van der Waals surface area contributed by atoms with Gasteiger partial charge in [-0.05, 0) is 38.1 Å². The lowest BCUT2D eigenvalue weighted by molar-refractivity contribution is -0.119. The number of hydrogen-bond donors (Lipinski definition) is 5. The molecule has 0 aliphatic carbocycles. The monoisotopic (exact) mass is 354 g/mol. The van der Waals surface area contributed by atoms with Crippen molar-refractivity contribution >= 4 is 17.9 Å². The topological polar surface area (TPSA) is 130 Å². The van der Waals surface area contributed by atoms with Crippen LogP contribution >= 0.6 is 0 Å². The van der Waals surface area contributed by atoms with Crippen LogP contribution in [0.1, 0.15) is 24.2 Å². The number of carbonyl (C=O) groups is 2. The van der Waals surface area contributed by atoms with Gasteiger partial charge in [-0.2, -0.15) is 0 Å². The van der Waals surface area contributed by atoms with Crippen LogP contribution in [0, 0.1) is 0 Å². The third kappa shape index (κ3) is 5.50. The van der Waals surface area contributed by atoms with Crippen molar-refractivity contribution in [3.05, 3.63) is 29.8 Å². The van der Waals surface area contributed by atoms with Crippen LogP contribution in [0.15, 0.2) is 24.3 Å². The molecule has 1 aromatic carbocycles. The van der Waals surface area contributed by atoms with Crippen LogP contribution in [0.25, 0.3) is 0 Å². The normalized spacial score (nSPS) is 15.8. The van der Waals surface area contributed by atoms with Gasteiger partial charge in [-0.25, -0.2) is 0 Å². The lowest BCUT2D eigenvalue weighted by atomic mass is 10.0. The highest BCUT2D eigenvalue weighted by molar-refractivity contribution is 5.96. The summed E-state index contributed by atoms with van der Waals surface area (Å²) in [5.74, 6) is -0.604. The van der Waals surface area contributed by atoms with Crippen molar-refractivity contribution in [1.29, 1.82) is 0 Å². The van der Waals surface area contributed by atoms with E-state index < -0.39 is 36.9 Å². The third-order valence-electron chi connectivity index (χ3n) is 4.00. The first-order valence-corrected chi connectivity index (χ1v) is 8.15. The van der Waals surface area contributed by atoms with Gasteiger partial charge in [0.25, 0.3) is 5.91 Å². The number of aldehydes is 1. The van der Waals surface area contributed by atoms with Gasteiger partial charge < -0.3 is 35.4 Å². The van der Waals surface area contributed by atoms with Crippen LogP contribution < -0.4 is 10.2 Å². The molecule has 0 saturated carbocycles. The van der Waals surface area contributed by atoms with Crippen LogP contribution in [0.4, 0.5) is 5.69 Å². The molecule has 0 unspecified atom stereocenters. The molecule has 0 aliphatic heterocycles. The summed E-state index contributed by atoms with van der Waals surface area (Å²) in [6.45, 7) is 4.90. The molecule has 0 fully saturated rings. The second kappa shape index (κ2) is 10.1. The Kier molecular flexibility index (Phi) is 8.50. The van der Waals surface area contributed by atoms with Crippen molar-refractivity contribution in [2.24, 2.45) is 0 Å². The Balaban J connectivity index is 2.80. The molecule has 8 heteroatoms. The van der Waals surface area contributed by atoms with Crippen LogP contribution in [0.5, 0.6) is 0 Å². The Bertz CT molecular complexity index is 547. The maximum atomic E-state index is 12.2. The van der Waals surface area contributed by atoms with Crippen LogP contribution in [0.2, 0.25) is 0 Å². The standard InChI is InChI=1S/C17H26N2O6/c1-3-19(4-2)12-7-5-11(6-8-12)17(25)18-13(9-20)15(23)16(24)14(22)10-21/h5-9,13-16,21-24H,3-4,10H2,1-2H3,(H,18,25)/t13-,14+,15+,16-/m0/s1. The van der Waals surface area contributed by atoms with Crippen molar-refractivity contribution in [3.63, 3.8) is 0 Å². The van der Waals surface area contributed by atoms with E-state index in [1.807, 2.05) is 13.8 Å². The number of hydrogen-bond acceptors (Lipinski definition) is 7. The summed E-state index contributed by atoms with van der Waals surface area (Å²) in [7, 11) is 0. The van der Waals surface area contributed by atoms with E-state index in [0.717, 1.165) is 18.8 Å². The van der Waals surface area contributed by atoms with Crippen LogP contribution in [-0.2, 0) is 4.79 Å². The fourth-order valence-corrected chi connectivity index (χ4v) is 2.40. The average molecular weight is 354 g/mol. The molecule has 25 heavy (non-hydrogen) atoms. The molecule has 0 bridgehead atoms. The maximum absolute atomic E-state index is 12.2. The number of aliphatic hydroxyl groups excluding tert-OH is 4. The summed E-state index contributed by atoms with van der Waals surface area (Å²) in [6, 6.07) is 5.31. The quantitative estimate of drug-likeness (QED) is 0.337. The second-order valence-electron chi connectivity index (χ2n) is 5.59. The van der Waals surface area contributed by atoms with Crippen molar-refractivity contribution in [3.8, 4) is 0 Å². The number of benzene rings is 1. The van der Waals surface area contributed by atoms with E-state index in [9.17, 15) is 24.9 Å². The summed E-state index contributed by atoms with van der Waals surface area (Å²) in [4.78, 5) is 25.4. The Morgan fingerprint density at radius 1 is 1.12 bits per heavy atom. The van der Waals surface area contributed by atoms with E-state index in [-0.39, 0.29) is 11.8 Å². The number of aliphatic hydroxyl groups is 4. The maximum Gasteiger partial charge on any atom is 0.251 e. The molecular weight excluding hydrogens is 328 g/mol. The first-order valence-electron chi connectivity index (χ1n) is 8.15. The average Bonchev–Trinajstić information content (AvgIpc) is 2.65. The van der Waals surface area contributed by atoms with Gasteiger partial charge in [0, 0.05) is 24.3 Å². The van der Waals surface area contributed by atoms with E-state index in [1.165, 1.54) is 0 Å². The molecule has 0 aromatic heterocycles. The highest BCUT2D eigenvalue weighted by Gasteiger charge is 2.32. The summed E-state index contributed by atoms with van der Waals surface area (Å²) in [5, 5.41) is 39.9. The molecule has 8 nitrogen and oxygen atoms in total. The molecule has 4 atom stereocenters. The fraction of sp³-hybridized carbons (Fsp3) is 0.529. The van der Waals surface area contributed by atoms with Gasteiger partial charge in [0.05, 0.1) is 6.61 Å². The number of rotatable bonds is 10. The summed E-state index contributed by atoms with van der Waals surface area (Å²) >= 11 is 0. The van der Waals surface area contributed by atoms with Crippen molar-refractivity contribution in [2.45, 2.75) is 38.2 Å². The molecule has 0 radical (unpaired) electrons. The second-order valence-corrected chi connectivity index (χ2v) is 5.59. The number of nitrogens with one attached hydrogen (secondary N) is 1. The lowest BCUT2D eigenvalue weighted by Gasteiger charge is -2.26. The summed E-state index contributed by atoms with van der Waals surface area (Å²) < 4.78 is 0. The SMILES string of the molecule is CCN(CC)c1ccc(C(=O)N[C@@H](C=O)[C@@H](O)[C@@H](O)[C@H](O)CO)cc1. The zero-order chi connectivity index (χ0) is 19.0. The van der Waals surface area contributed by atoms with Crippen LogP contribution in [-0.4, -0.2) is 76.7 Å². The highest BCUT2D eigenvalue weighted by atomic mass is 16.4. The highest BCUT2D eigenvalue weighted by Crippen LogP contribution is 2.15. The fourth-order valence-electron chi connectivity index (χ4n) is 2.40. The number of anilines is 1. The molecule has 1 amide bonds. The largest absolute Gasteiger partial charge is 0.394 e. The van der Waals surface area contributed by atoms with Gasteiger partial charge in [0.15, 0.2) is 0 Å². The van der Waals surface area contributed by atoms with Gasteiger partial charge in [-0.1, -0.05) is 0 Å². The minimum atomic E-state index is -1.77. The summed E-state index contributed by atoms with van der Waals surface area (Å²) in [5.41, 5.74) is 1.24. The summed E-state index contributed by atoms with van der Waals surface area (Å²) in [6.07, 6.45) is -4.88. The number of nitrogens with zero attached hydrogens (tertiary/aromatic N) is 1. The predicted molar refractivity (Wildman–Crippen MR) is 92.4 cm³/mol. The Hall–Kier alpha value is -2.00. The van der Waals surface area contributed by atoms with Gasteiger partial charge in [0.2, 0.25) is 0 Å². The van der Waals surface area contributed by atoms with E-state index >= 15 is 0 Å². The molecule has 0 spiro atoms. The molecule has 0 saturated heterocycles. The lowest BCUT2D eigenvalue weighted by Crippen LogP contribution is -2.53. The van der Waals surface area contributed by atoms with E-state index in [4.69, 9.17) is 5.11 Å². The minimum Gasteiger partial charge on any atom is -0.394 e. The first-order chi connectivity index (χ1) is 11.9. The zero-order valence-electron chi connectivity index (χ0n) is 14.4. The Labute approximate surface area is 146 Å².